The first-order valence-corrected chi connectivity index (χ1v) is 3.89. The van der Waals surface area contributed by atoms with Crippen molar-refractivity contribution in [3.8, 4) is 11.8 Å². The molecule has 1 rings (SSSR count). The fraction of sp³-hybridized carbons (Fsp3) is 0.300. The van der Waals surface area contributed by atoms with Gasteiger partial charge in [0, 0.05) is 13.0 Å². The van der Waals surface area contributed by atoms with Crippen molar-refractivity contribution in [2.75, 3.05) is 7.05 Å². The predicted molar refractivity (Wildman–Crippen MR) is 48.2 cm³/mol. The zero-order valence-electron chi connectivity index (χ0n) is 7.00. The molecule has 1 atom stereocenters. The molecular weight excluding hydrogens is 150 g/mol. The smallest absolute Gasteiger partial charge is 0.295 e. The van der Waals surface area contributed by atoms with Gasteiger partial charge in [-0.15, -0.1) is 0 Å². The fourth-order valence-corrected chi connectivity index (χ4v) is 0.908. The van der Waals surface area contributed by atoms with E-state index in [-0.39, 0.29) is 11.8 Å². The SMILES string of the molecule is CNC(=O)C#CC1C=CC=CC1. The minimum Gasteiger partial charge on any atom is -0.348 e. The average molecular weight is 161 g/mol. The number of amides is 1. The van der Waals surface area contributed by atoms with Crippen molar-refractivity contribution in [2.45, 2.75) is 6.42 Å². The van der Waals surface area contributed by atoms with Gasteiger partial charge in [-0.2, -0.15) is 0 Å². The fourth-order valence-electron chi connectivity index (χ4n) is 0.908. The highest BCUT2D eigenvalue weighted by molar-refractivity contribution is 5.93. The third-order valence-electron chi connectivity index (χ3n) is 1.58. The summed E-state index contributed by atoms with van der Waals surface area (Å²) in [4.78, 5) is 10.7. The summed E-state index contributed by atoms with van der Waals surface area (Å²) < 4.78 is 0. The van der Waals surface area contributed by atoms with Gasteiger partial charge in [0.25, 0.3) is 5.91 Å². The van der Waals surface area contributed by atoms with Gasteiger partial charge in [0.2, 0.25) is 0 Å². The molecule has 1 aliphatic carbocycles. The highest BCUT2D eigenvalue weighted by Gasteiger charge is 1.99. The maximum atomic E-state index is 10.7. The lowest BCUT2D eigenvalue weighted by molar-refractivity contribution is -0.115. The zero-order chi connectivity index (χ0) is 8.81. The molecule has 2 nitrogen and oxygen atoms in total. The monoisotopic (exact) mass is 161 g/mol. The van der Waals surface area contributed by atoms with Crippen LogP contribution in [-0.2, 0) is 4.79 Å². The van der Waals surface area contributed by atoms with E-state index in [0.29, 0.717) is 0 Å². The summed E-state index contributed by atoms with van der Waals surface area (Å²) in [6.45, 7) is 0. The van der Waals surface area contributed by atoms with Crippen LogP contribution in [0.2, 0.25) is 0 Å². The molecule has 1 amide bonds. The van der Waals surface area contributed by atoms with Crippen LogP contribution in [0.5, 0.6) is 0 Å². The molecule has 0 heterocycles. The molecule has 0 aromatic rings. The molecule has 1 unspecified atom stereocenters. The number of nitrogens with one attached hydrogen (secondary N) is 1. The van der Waals surface area contributed by atoms with Gasteiger partial charge in [-0.1, -0.05) is 30.2 Å². The zero-order valence-corrected chi connectivity index (χ0v) is 7.00. The van der Waals surface area contributed by atoms with Crippen LogP contribution in [-0.4, -0.2) is 13.0 Å². The van der Waals surface area contributed by atoms with Crippen LogP contribution in [0.25, 0.3) is 0 Å². The van der Waals surface area contributed by atoms with Gasteiger partial charge in [-0.3, -0.25) is 4.79 Å². The molecule has 0 aromatic heterocycles. The molecule has 0 fully saturated rings. The van der Waals surface area contributed by atoms with Crippen molar-refractivity contribution in [1.82, 2.24) is 5.32 Å². The summed E-state index contributed by atoms with van der Waals surface area (Å²) in [6, 6.07) is 0. The van der Waals surface area contributed by atoms with Crippen LogP contribution < -0.4 is 5.32 Å². The quantitative estimate of drug-likeness (QED) is 0.525. The minimum absolute atomic E-state index is 0.201. The molecule has 0 saturated carbocycles. The largest absolute Gasteiger partial charge is 0.348 e. The standard InChI is InChI=1S/C10H11NO/c1-11-10(12)8-7-9-5-3-2-4-6-9/h2-5,9H,6H2,1H3,(H,11,12). The number of rotatable bonds is 0. The van der Waals surface area contributed by atoms with Crippen molar-refractivity contribution in [1.29, 1.82) is 0 Å². The van der Waals surface area contributed by atoms with Gasteiger partial charge >= 0.3 is 0 Å². The second kappa shape index (κ2) is 4.40. The van der Waals surface area contributed by atoms with Crippen molar-refractivity contribution in [3.63, 3.8) is 0 Å². The summed E-state index contributed by atoms with van der Waals surface area (Å²) in [5, 5.41) is 2.45. The van der Waals surface area contributed by atoms with Crippen LogP contribution in [0.1, 0.15) is 6.42 Å². The molecule has 0 radical (unpaired) electrons. The lowest BCUT2D eigenvalue weighted by Crippen LogP contribution is -2.15. The second-order valence-electron chi connectivity index (χ2n) is 2.50. The Kier molecular flexibility index (Phi) is 3.16. The Morgan fingerprint density at radius 3 is 3.00 bits per heavy atom. The van der Waals surface area contributed by atoms with Crippen LogP contribution in [0.15, 0.2) is 24.3 Å². The van der Waals surface area contributed by atoms with E-state index < -0.39 is 0 Å². The van der Waals surface area contributed by atoms with Crippen molar-refractivity contribution >= 4 is 5.91 Å². The molecule has 62 valence electrons. The first-order chi connectivity index (χ1) is 5.83. The normalized spacial score (nSPS) is 19.6. The Morgan fingerprint density at radius 2 is 2.42 bits per heavy atom. The second-order valence-corrected chi connectivity index (χ2v) is 2.50. The lowest BCUT2D eigenvalue weighted by Gasteiger charge is -2.02. The van der Waals surface area contributed by atoms with E-state index in [4.69, 9.17) is 0 Å². The molecule has 1 N–H and O–H groups in total. The molecule has 12 heavy (non-hydrogen) atoms. The van der Waals surface area contributed by atoms with E-state index in [2.05, 4.69) is 17.2 Å². The predicted octanol–water partition coefficient (Wildman–Crippen LogP) is 0.868. The number of carbonyl (C=O) groups excluding carboxylic acids is 1. The minimum atomic E-state index is -0.224. The van der Waals surface area contributed by atoms with Gasteiger partial charge in [0.1, 0.15) is 0 Å². The van der Waals surface area contributed by atoms with Gasteiger partial charge in [-0.25, -0.2) is 0 Å². The highest BCUT2D eigenvalue weighted by atomic mass is 16.1. The van der Waals surface area contributed by atoms with Crippen molar-refractivity contribution in [2.24, 2.45) is 5.92 Å². The number of hydrogen-bond acceptors (Lipinski definition) is 1. The molecule has 0 aliphatic heterocycles. The third-order valence-corrected chi connectivity index (χ3v) is 1.58. The van der Waals surface area contributed by atoms with Gasteiger partial charge in [0.05, 0.1) is 0 Å². The van der Waals surface area contributed by atoms with Gasteiger partial charge in [-0.05, 0) is 12.3 Å². The summed E-state index contributed by atoms with van der Waals surface area (Å²) in [6.07, 6.45) is 8.88. The molecular formula is C10H11NO. The molecule has 2 heteroatoms. The lowest BCUT2D eigenvalue weighted by atomic mass is 10.0. The Balaban J connectivity index is 2.49. The summed E-state index contributed by atoms with van der Waals surface area (Å²) in [5.41, 5.74) is 0. The summed E-state index contributed by atoms with van der Waals surface area (Å²) in [7, 11) is 1.58. The van der Waals surface area contributed by atoms with E-state index in [1.165, 1.54) is 0 Å². The Hall–Kier alpha value is -1.49. The molecule has 0 saturated heterocycles. The molecule has 0 bridgehead atoms. The number of hydrogen-bond donors (Lipinski definition) is 1. The van der Waals surface area contributed by atoms with Gasteiger partial charge in [0.15, 0.2) is 0 Å². The van der Waals surface area contributed by atoms with Crippen molar-refractivity contribution < 1.29 is 4.79 Å². The van der Waals surface area contributed by atoms with E-state index in [9.17, 15) is 4.79 Å². The Labute approximate surface area is 72.3 Å². The van der Waals surface area contributed by atoms with Crippen molar-refractivity contribution in [3.05, 3.63) is 24.3 Å². The highest BCUT2D eigenvalue weighted by Crippen LogP contribution is 2.09. The summed E-state index contributed by atoms with van der Waals surface area (Å²) >= 11 is 0. The van der Waals surface area contributed by atoms with Crippen LogP contribution in [0.4, 0.5) is 0 Å². The Morgan fingerprint density at radius 1 is 1.58 bits per heavy atom. The van der Waals surface area contributed by atoms with E-state index in [0.717, 1.165) is 6.42 Å². The van der Waals surface area contributed by atoms with Crippen LogP contribution in [0, 0.1) is 17.8 Å². The van der Waals surface area contributed by atoms with E-state index in [1.54, 1.807) is 7.05 Å². The average Bonchev–Trinajstić information content (AvgIpc) is 2.16. The first kappa shape index (κ1) is 8.61. The third kappa shape index (κ3) is 2.63. The number of allylic oxidation sites excluding steroid dienone is 4. The number of carbonyl (C=O) groups is 1. The Bertz CT molecular complexity index is 278. The van der Waals surface area contributed by atoms with Crippen LogP contribution >= 0.6 is 0 Å². The summed E-state index contributed by atoms with van der Waals surface area (Å²) in [5.74, 6) is 5.37. The molecule has 1 aliphatic rings. The van der Waals surface area contributed by atoms with E-state index in [1.807, 2.05) is 24.3 Å². The maximum Gasteiger partial charge on any atom is 0.295 e. The van der Waals surface area contributed by atoms with E-state index >= 15 is 0 Å². The van der Waals surface area contributed by atoms with Gasteiger partial charge < -0.3 is 5.32 Å². The molecule has 0 spiro atoms. The topological polar surface area (TPSA) is 29.1 Å². The van der Waals surface area contributed by atoms with Crippen LogP contribution in [0.3, 0.4) is 0 Å². The first-order valence-electron chi connectivity index (χ1n) is 3.89. The maximum absolute atomic E-state index is 10.7. The molecule has 0 aromatic carbocycles.